The summed E-state index contributed by atoms with van der Waals surface area (Å²) in [7, 11) is 1.46. The van der Waals surface area contributed by atoms with Crippen LogP contribution in [0, 0.1) is 11.6 Å². The molecule has 6 nitrogen and oxygen atoms in total. The van der Waals surface area contributed by atoms with E-state index in [1.165, 1.54) is 29.8 Å². The predicted octanol–water partition coefficient (Wildman–Crippen LogP) is 1.73. The van der Waals surface area contributed by atoms with Crippen LogP contribution in [0.5, 0.6) is 0 Å². The summed E-state index contributed by atoms with van der Waals surface area (Å²) in [4.78, 5) is 36.8. The van der Waals surface area contributed by atoms with Crippen LogP contribution < -0.4 is 5.32 Å². The molecule has 9 heteroatoms. The number of carbonyl (C=O) groups excluding carboxylic acids is 3. The molecule has 0 aromatic heterocycles. The van der Waals surface area contributed by atoms with E-state index in [1.807, 2.05) is 0 Å². The molecule has 2 rings (SSSR count). The van der Waals surface area contributed by atoms with Crippen molar-refractivity contribution in [3.63, 3.8) is 0 Å². The minimum atomic E-state index is -0.947. The number of rotatable bonds is 9. The summed E-state index contributed by atoms with van der Waals surface area (Å²) in [5.74, 6) is -2.86. The van der Waals surface area contributed by atoms with Gasteiger partial charge in [-0.1, -0.05) is 0 Å². The molecule has 1 fully saturated rings. The largest absolute Gasteiger partial charge is 0.456 e. The summed E-state index contributed by atoms with van der Waals surface area (Å²) < 4.78 is 30.8. The molecule has 26 heavy (non-hydrogen) atoms. The quantitative estimate of drug-likeness (QED) is 0.517. The molecule has 1 aliphatic rings. The number of thioether (sulfide) groups is 1. The van der Waals surface area contributed by atoms with Crippen molar-refractivity contribution in [1.82, 2.24) is 10.2 Å². The summed E-state index contributed by atoms with van der Waals surface area (Å²) in [6, 6.07) is 3.70. The van der Waals surface area contributed by atoms with E-state index >= 15 is 0 Å². The third-order valence-corrected chi connectivity index (χ3v) is 4.57. The standard InChI is InChI=1S/C17H20F2N2O4S/c1-21(9-15(22)20-11-2-3-11)16(23)10-25-17(24)6-7-26-12-4-5-13(18)14(19)8-12/h4-5,8,11H,2-3,6-7,9-10H2,1H3,(H,20,22). The van der Waals surface area contributed by atoms with Crippen molar-refractivity contribution < 1.29 is 27.9 Å². The van der Waals surface area contributed by atoms with Crippen molar-refractivity contribution in [2.75, 3.05) is 26.0 Å². The number of halogens is 2. The lowest BCUT2D eigenvalue weighted by Gasteiger charge is -2.16. The van der Waals surface area contributed by atoms with Crippen LogP contribution in [-0.2, 0) is 19.1 Å². The smallest absolute Gasteiger partial charge is 0.307 e. The van der Waals surface area contributed by atoms with Gasteiger partial charge in [-0.25, -0.2) is 8.78 Å². The molecule has 1 N–H and O–H groups in total. The molecular formula is C17H20F2N2O4S. The SMILES string of the molecule is CN(CC(=O)NC1CC1)C(=O)COC(=O)CCSc1ccc(F)c(F)c1. The van der Waals surface area contributed by atoms with Crippen LogP contribution >= 0.6 is 11.8 Å². The zero-order valence-corrected chi connectivity index (χ0v) is 15.1. The van der Waals surface area contributed by atoms with Gasteiger partial charge in [0.25, 0.3) is 5.91 Å². The number of amides is 2. The molecule has 0 aliphatic heterocycles. The van der Waals surface area contributed by atoms with E-state index in [2.05, 4.69) is 5.32 Å². The van der Waals surface area contributed by atoms with E-state index in [1.54, 1.807) is 0 Å². The fourth-order valence-electron chi connectivity index (χ4n) is 1.95. The molecule has 0 bridgehead atoms. The fourth-order valence-corrected chi connectivity index (χ4v) is 2.80. The van der Waals surface area contributed by atoms with Crippen LogP contribution in [0.15, 0.2) is 23.1 Å². The number of nitrogens with zero attached hydrogens (tertiary/aromatic N) is 1. The van der Waals surface area contributed by atoms with E-state index in [4.69, 9.17) is 4.74 Å². The van der Waals surface area contributed by atoms with Crippen molar-refractivity contribution in [3.8, 4) is 0 Å². The van der Waals surface area contributed by atoms with Gasteiger partial charge in [-0.05, 0) is 31.0 Å². The van der Waals surface area contributed by atoms with Gasteiger partial charge in [-0.15, -0.1) is 11.8 Å². The molecule has 0 spiro atoms. The molecule has 1 aromatic rings. The molecule has 0 unspecified atom stereocenters. The zero-order chi connectivity index (χ0) is 19.1. The first kappa shape index (κ1) is 20.2. The highest BCUT2D eigenvalue weighted by Crippen LogP contribution is 2.21. The summed E-state index contributed by atoms with van der Waals surface area (Å²) in [6.45, 7) is -0.527. The van der Waals surface area contributed by atoms with Crippen LogP contribution in [-0.4, -0.2) is 54.7 Å². The van der Waals surface area contributed by atoms with Crippen LogP contribution in [0.3, 0.4) is 0 Å². The van der Waals surface area contributed by atoms with Gasteiger partial charge in [0.05, 0.1) is 13.0 Å². The number of hydrogen-bond donors (Lipinski definition) is 1. The zero-order valence-electron chi connectivity index (χ0n) is 14.3. The van der Waals surface area contributed by atoms with Crippen LogP contribution in [0.4, 0.5) is 8.78 Å². The molecular weight excluding hydrogens is 366 g/mol. The molecule has 2 amide bonds. The molecule has 0 atom stereocenters. The van der Waals surface area contributed by atoms with Gasteiger partial charge in [0.1, 0.15) is 0 Å². The van der Waals surface area contributed by atoms with E-state index in [0.717, 1.165) is 25.0 Å². The topological polar surface area (TPSA) is 75.7 Å². The fraction of sp³-hybridized carbons (Fsp3) is 0.471. The maximum Gasteiger partial charge on any atom is 0.307 e. The first-order valence-electron chi connectivity index (χ1n) is 8.12. The monoisotopic (exact) mass is 386 g/mol. The maximum absolute atomic E-state index is 13.1. The van der Waals surface area contributed by atoms with Gasteiger partial charge in [0, 0.05) is 23.7 Å². The first-order valence-corrected chi connectivity index (χ1v) is 9.10. The Morgan fingerprint density at radius 2 is 2.00 bits per heavy atom. The van der Waals surface area contributed by atoms with Gasteiger partial charge in [-0.3, -0.25) is 14.4 Å². The number of likely N-dealkylation sites (N-methyl/N-ethyl adjacent to an activating group) is 1. The molecule has 142 valence electrons. The predicted molar refractivity (Wildman–Crippen MR) is 91.5 cm³/mol. The summed E-state index contributed by atoms with van der Waals surface area (Å²) >= 11 is 1.18. The second kappa shape index (κ2) is 9.51. The number of nitrogens with one attached hydrogen (secondary N) is 1. The second-order valence-corrected chi connectivity index (χ2v) is 7.09. The number of benzene rings is 1. The first-order chi connectivity index (χ1) is 12.3. The Kier molecular flexibility index (Phi) is 7.38. The third-order valence-electron chi connectivity index (χ3n) is 3.57. The van der Waals surface area contributed by atoms with Gasteiger partial charge in [0.2, 0.25) is 5.91 Å². The molecule has 1 aliphatic carbocycles. The minimum absolute atomic E-state index is 0.0167. The number of hydrogen-bond acceptors (Lipinski definition) is 5. The minimum Gasteiger partial charge on any atom is -0.456 e. The average Bonchev–Trinajstić information content (AvgIpc) is 3.39. The van der Waals surface area contributed by atoms with Gasteiger partial charge < -0.3 is 15.0 Å². The second-order valence-electron chi connectivity index (χ2n) is 5.93. The molecule has 0 saturated heterocycles. The summed E-state index contributed by atoms with van der Waals surface area (Å²) in [5.41, 5.74) is 0. The lowest BCUT2D eigenvalue weighted by molar-refractivity contribution is -0.151. The summed E-state index contributed by atoms with van der Waals surface area (Å²) in [5, 5.41) is 2.76. The van der Waals surface area contributed by atoms with Crippen molar-refractivity contribution in [3.05, 3.63) is 29.8 Å². The highest BCUT2D eigenvalue weighted by atomic mass is 32.2. The van der Waals surface area contributed by atoms with E-state index in [-0.39, 0.29) is 24.9 Å². The van der Waals surface area contributed by atoms with Gasteiger partial charge in [0.15, 0.2) is 18.2 Å². The average molecular weight is 386 g/mol. The molecule has 1 saturated carbocycles. The van der Waals surface area contributed by atoms with Gasteiger partial charge in [-0.2, -0.15) is 0 Å². The number of ether oxygens (including phenoxy) is 1. The highest BCUT2D eigenvalue weighted by Gasteiger charge is 2.24. The van der Waals surface area contributed by atoms with E-state index in [9.17, 15) is 23.2 Å². The van der Waals surface area contributed by atoms with Gasteiger partial charge >= 0.3 is 5.97 Å². The lowest BCUT2D eigenvalue weighted by atomic mass is 10.3. The Balaban J connectivity index is 1.61. The Hall–Kier alpha value is -2.16. The Morgan fingerprint density at radius 1 is 1.27 bits per heavy atom. The molecule has 1 aromatic carbocycles. The Bertz CT molecular complexity index is 683. The van der Waals surface area contributed by atoms with Crippen molar-refractivity contribution in [1.29, 1.82) is 0 Å². The Labute approximate surface area is 154 Å². The van der Waals surface area contributed by atoms with Crippen LogP contribution in [0.25, 0.3) is 0 Å². The number of esters is 1. The molecule has 0 heterocycles. The maximum atomic E-state index is 13.1. The van der Waals surface area contributed by atoms with Crippen molar-refractivity contribution >= 4 is 29.5 Å². The van der Waals surface area contributed by atoms with E-state index in [0.29, 0.717) is 10.6 Å². The highest BCUT2D eigenvalue weighted by molar-refractivity contribution is 7.99. The van der Waals surface area contributed by atoms with Crippen molar-refractivity contribution in [2.24, 2.45) is 0 Å². The van der Waals surface area contributed by atoms with Crippen molar-refractivity contribution in [2.45, 2.75) is 30.2 Å². The van der Waals surface area contributed by atoms with E-state index < -0.39 is 30.1 Å². The molecule has 0 radical (unpaired) electrons. The Morgan fingerprint density at radius 3 is 2.65 bits per heavy atom. The van der Waals surface area contributed by atoms with Crippen LogP contribution in [0.2, 0.25) is 0 Å². The lowest BCUT2D eigenvalue weighted by Crippen LogP contribution is -2.40. The normalized spacial score (nSPS) is 13.2. The summed E-state index contributed by atoms with van der Waals surface area (Å²) in [6.07, 6.45) is 1.94. The number of carbonyl (C=O) groups is 3. The third kappa shape index (κ3) is 6.99. The van der Waals surface area contributed by atoms with Crippen LogP contribution in [0.1, 0.15) is 19.3 Å².